The second kappa shape index (κ2) is 6.12. The molecular formula is C12H20N2O2S. The standard InChI is InChI=1S/C12H20N2O2S/c1-5-10-14-7-9(17-10)6-13-8-11(15)16-12(2,3)4/h7,13H,5-6,8H2,1-4H3. The van der Waals surface area contributed by atoms with E-state index in [4.69, 9.17) is 4.74 Å². The molecule has 0 saturated heterocycles. The van der Waals surface area contributed by atoms with Crippen LogP contribution in [0.5, 0.6) is 0 Å². The molecule has 0 saturated carbocycles. The van der Waals surface area contributed by atoms with Crippen molar-refractivity contribution in [3.8, 4) is 0 Å². The van der Waals surface area contributed by atoms with Gasteiger partial charge in [-0.25, -0.2) is 4.98 Å². The lowest BCUT2D eigenvalue weighted by Gasteiger charge is -2.19. The number of hydrogen-bond donors (Lipinski definition) is 1. The number of nitrogens with one attached hydrogen (secondary N) is 1. The largest absolute Gasteiger partial charge is 0.459 e. The van der Waals surface area contributed by atoms with Crippen LogP contribution in [0.25, 0.3) is 0 Å². The van der Waals surface area contributed by atoms with Crippen molar-refractivity contribution in [3.63, 3.8) is 0 Å². The summed E-state index contributed by atoms with van der Waals surface area (Å²) < 4.78 is 5.19. The summed E-state index contributed by atoms with van der Waals surface area (Å²) in [4.78, 5) is 16.8. The van der Waals surface area contributed by atoms with Crippen molar-refractivity contribution in [2.45, 2.75) is 46.3 Å². The highest BCUT2D eigenvalue weighted by molar-refractivity contribution is 7.11. The molecule has 5 heteroatoms. The third-order valence-corrected chi connectivity index (χ3v) is 3.03. The molecule has 0 aliphatic heterocycles. The Hall–Kier alpha value is -0.940. The molecule has 1 aromatic heterocycles. The molecule has 1 heterocycles. The van der Waals surface area contributed by atoms with Crippen LogP contribution in [-0.2, 0) is 22.5 Å². The summed E-state index contributed by atoms with van der Waals surface area (Å²) in [5.41, 5.74) is -0.418. The number of hydrogen-bond acceptors (Lipinski definition) is 5. The monoisotopic (exact) mass is 256 g/mol. The molecule has 1 N–H and O–H groups in total. The molecule has 0 aliphatic carbocycles. The van der Waals surface area contributed by atoms with Gasteiger partial charge in [0.05, 0.1) is 11.6 Å². The van der Waals surface area contributed by atoms with Crippen LogP contribution < -0.4 is 5.32 Å². The third-order valence-electron chi connectivity index (χ3n) is 1.89. The second-order valence-corrected chi connectivity index (χ2v) is 5.96. The summed E-state index contributed by atoms with van der Waals surface area (Å²) in [7, 11) is 0. The molecule has 17 heavy (non-hydrogen) atoms. The zero-order valence-corrected chi connectivity index (χ0v) is 11.7. The molecule has 0 aromatic carbocycles. The second-order valence-electron chi connectivity index (χ2n) is 4.76. The summed E-state index contributed by atoms with van der Waals surface area (Å²) in [5, 5.41) is 4.18. The fourth-order valence-corrected chi connectivity index (χ4v) is 2.09. The Labute approximate surface area is 106 Å². The van der Waals surface area contributed by atoms with Crippen molar-refractivity contribution in [1.82, 2.24) is 10.3 Å². The molecule has 0 aliphatic rings. The van der Waals surface area contributed by atoms with Crippen LogP contribution in [0.4, 0.5) is 0 Å². The number of esters is 1. The lowest BCUT2D eigenvalue weighted by atomic mass is 10.2. The zero-order chi connectivity index (χ0) is 12.9. The highest BCUT2D eigenvalue weighted by Gasteiger charge is 2.15. The van der Waals surface area contributed by atoms with E-state index < -0.39 is 5.60 Å². The number of aromatic nitrogens is 1. The summed E-state index contributed by atoms with van der Waals surface area (Å²) in [6.07, 6.45) is 2.81. The number of nitrogens with zero attached hydrogens (tertiary/aromatic N) is 1. The Morgan fingerprint density at radius 2 is 2.24 bits per heavy atom. The molecule has 4 nitrogen and oxygen atoms in total. The average Bonchev–Trinajstić information content (AvgIpc) is 2.63. The lowest BCUT2D eigenvalue weighted by Crippen LogP contribution is -2.31. The molecule has 0 fully saturated rings. The SMILES string of the molecule is CCc1ncc(CNCC(=O)OC(C)(C)C)s1. The Morgan fingerprint density at radius 3 is 2.76 bits per heavy atom. The molecule has 0 spiro atoms. The summed E-state index contributed by atoms with van der Waals surface area (Å²) >= 11 is 1.67. The third kappa shape index (κ3) is 5.79. The molecule has 0 bridgehead atoms. The lowest BCUT2D eigenvalue weighted by molar-refractivity contribution is -0.153. The maximum atomic E-state index is 11.4. The minimum absolute atomic E-state index is 0.224. The van der Waals surface area contributed by atoms with Gasteiger partial charge in [0.2, 0.25) is 0 Å². The smallest absolute Gasteiger partial charge is 0.320 e. The summed E-state index contributed by atoms with van der Waals surface area (Å²) in [6, 6.07) is 0. The quantitative estimate of drug-likeness (QED) is 0.820. The van der Waals surface area contributed by atoms with Crippen LogP contribution >= 0.6 is 11.3 Å². The van der Waals surface area contributed by atoms with E-state index in [2.05, 4.69) is 17.2 Å². The first-order valence-corrected chi connectivity index (χ1v) is 6.58. The van der Waals surface area contributed by atoms with Gasteiger partial charge in [-0.05, 0) is 27.2 Å². The fraction of sp³-hybridized carbons (Fsp3) is 0.667. The Balaban J connectivity index is 2.26. The maximum Gasteiger partial charge on any atom is 0.320 e. The van der Waals surface area contributed by atoms with Crippen molar-refractivity contribution in [1.29, 1.82) is 0 Å². The van der Waals surface area contributed by atoms with Crippen LogP contribution in [0.2, 0.25) is 0 Å². The first-order chi connectivity index (χ1) is 7.90. The van der Waals surface area contributed by atoms with E-state index in [9.17, 15) is 4.79 Å². The number of rotatable bonds is 5. The van der Waals surface area contributed by atoms with Crippen LogP contribution in [-0.4, -0.2) is 23.1 Å². The van der Waals surface area contributed by atoms with E-state index in [0.717, 1.165) is 16.3 Å². The number of carbonyl (C=O) groups excluding carboxylic acids is 1. The highest BCUT2D eigenvalue weighted by atomic mass is 32.1. The van der Waals surface area contributed by atoms with Gasteiger partial charge >= 0.3 is 5.97 Å². The van der Waals surface area contributed by atoms with Gasteiger partial charge in [-0.2, -0.15) is 0 Å². The van der Waals surface area contributed by atoms with E-state index in [1.54, 1.807) is 11.3 Å². The molecule has 0 unspecified atom stereocenters. The number of carbonyl (C=O) groups is 1. The normalized spacial score (nSPS) is 11.5. The first-order valence-electron chi connectivity index (χ1n) is 5.77. The van der Waals surface area contributed by atoms with Crippen LogP contribution in [0, 0.1) is 0 Å². The van der Waals surface area contributed by atoms with Crippen molar-refractivity contribution < 1.29 is 9.53 Å². The molecule has 96 valence electrons. The van der Waals surface area contributed by atoms with Gasteiger partial charge in [0.15, 0.2) is 0 Å². The highest BCUT2D eigenvalue weighted by Crippen LogP contribution is 2.12. The molecule has 1 aromatic rings. The Kier molecular flexibility index (Phi) is 5.08. The van der Waals surface area contributed by atoms with Crippen LogP contribution in [0.1, 0.15) is 37.6 Å². The van der Waals surface area contributed by atoms with Crippen molar-refractivity contribution in [2.75, 3.05) is 6.54 Å². The van der Waals surface area contributed by atoms with E-state index in [-0.39, 0.29) is 12.5 Å². The van der Waals surface area contributed by atoms with Crippen molar-refractivity contribution in [3.05, 3.63) is 16.1 Å². The fourth-order valence-electron chi connectivity index (χ4n) is 1.26. The van der Waals surface area contributed by atoms with Crippen molar-refractivity contribution in [2.24, 2.45) is 0 Å². The van der Waals surface area contributed by atoms with Crippen LogP contribution in [0.15, 0.2) is 6.20 Å². The summed E-state index contributed by atoms with van der Waals surface area (Å²) in [5.74, 6) is -0.224. The number of ether oxygens (including phenoxy) is 1. The Morgan fingerprint density at radius 1 is 1.53 bits per heavy atom. The minimum Gasteiger partial charge on any atom is -0.459 e. The van der Waals surface area contributed by atoms with E-state index >= 15 is 0 Å². The predicted molar refractivity (Wildman–Crippen MR) is 69.0 cm³/mol. The topological polar surface area (TPSA) is 51.2 Å². The van der Waals surface area contributed by atoms with Gasteiger partial charge in [0.25, 0.3) is 0 Å². The summed E-state index contributed by atoms with van der Waals surface area (Å²) in [6.45, 7) is 8.56. The van der Waals surface area contributed by atoms with Crippen LogP contribution in [0.3, 0.4) is 0 Å². The van der Waals surface area contributed by atoms with Gasteiger partial charge in [0.1, 0.15) is 5.60 Å². The molecule has 0 amide bonds. The van der Waals surface area contributed by atoms with E-state index in [1.807, 2.05) is 27.0 Å². The Bertz CT molecular complexity index is 369. The molecule has 0 atom stereocenters. The minimum atomic E-state index is -0.418. The van der Waals surface area contributed by atoms with Gasteiger partial charge in [-0.3, -0.25) is 4.79 Å². The van der Waals surface area contributed by atoms with Crippen molar-refractivity contribution >= 4 is 17.3 Å². The zero-order valence-electron chi connectivity index (χ0n) is 10.9. The molecule has 0 radical (unpaired) electrons. The molecular weight excluding hydrogens is 236 g/mol. The maximum absolute atomic E-state index is 11.4. The van der Waals surface area contributed by atoms with Gasteiger partial charge in [-0.1, -0.05) is 6.92 Å². The predicted octanol–water partition coefficient (Wildman–Crippen LogP) is 2.14. The number of aryl methyl sites for hydroxylation is 1. The van der Waals surface area contributed by atoms with Gasteiger partial charge in [-0.15, -0.1) is 11.3 Å². The number of thiazole rings is 1. The first kappa shape index (κ1) is 14.1. The van der Waals surface area contributed by atoms with E-state index in [1.165, 1.54) is 0 Å². The molecule has 1 rings (SSSR count). The van der Waals surface area contributed by atoms with Gasteiger partial charge in [0, 0.05) is 17.6 Å². The van der Waals surface area contributed by atoms with Gasteiger partial charge < -0.3 is 10.1 Å². The average molecular weight is 256 g/mol. The van der Waals surface area contributed by atoms with E-state index in [0.29, 0.717) is 6.54 Å².